The van der Waals surface area contributed by atoms with Gasteiger partial charge in [0.05, 0.1) is 30.4 Å². The number of rotatable bonds is 5. The molecule has 1 aromatic carbocycles. The summed E-state index contributed by atoms with van der Waals surface area (Å²) >= 11 is 0. The molecule has 3 aromatic rings. The summed E-state index contributed by atoms with van der Waals surface area (Å²) in [7, 11) is 1.55. The highest BCUT2D eigenvalue weighted by Gasteiger charge is 2.53. The maximum Gasteiger partial charge on any atom is 0.416 e. The van der Waals surface area contributed by atoms with Crippen molar-refractivity contribution < 1.29 is 22.7 Å². The van der Waals surface area contributed by atoms with Crippen LogP contribution < -0.4 is 5.32 Å². The third kappa shape index (κ3) is 3.52. The number of fused-ring (bicyclic) bond motifs is 3. The number of benzene rings is 1. The largest absolute Gasteiger partial charge is 0.416 e. The molecule has 10 heteroatoms. The number of anilines is 1. The Morgan fingerprint density at radius 1 is 1.27 bits per heavy atom. The van der Waals surface area contributed by atoms with Gasteiger partial charge in [-0.25, -0.2) is 4.98 Å². The fourth-order valence-corrected chi connectivity index (χ4v) is 4.69. The third-order valence-corrected chi connectivity index (χ3v) is 6.72. The quantitative estimate of drug-likeness (QED) is 0.618. The van der Waals surface area contributed by atoms with Crippen molar-refractivity contribution in [1.82, 2.24) is 19.3 Å². The highest BCUT2D eigenvalue weighted by molar-refractivity contribution is 5.88. The van der Waals surface area contributed by atoms with Gasteiger partial charge in [-0.05, 0) is 43.9 Å². The number of aromatic nitrogens is 3. The topological polar surface area (TPSA) is 71.8 Å². The lowest BCUT2D eigenvalue weighted by Crippen LogP contribution is -2.38. The molecule has 174 valence electrons. The Kier molecular flexibility index (Phi) is 4.89. The van der Waals surface area contributed by atoms with Gasteiger partial charge in [-0.2, -0.15) is 18.2 Å². The number of carbonyl (C=O) groups is 1. The Morgan fingerprint density at radius 3 is 2.70 bits per heavy atom. The van der Waals surface area contributed by atoms with Gasteiger partial charge in [-0.3, -0.25) is 9.20 Å². The lowest BCUT2D eigenvalue weighted by molar-refractivity contribution is -0.145. The zero-order valence-electron chi connectivity index (χ0n) is 18.5. The molecule has 0 saturated heterocycles. The zero-order valence-corrected chi connectivity index (χ0v) is 18.5. The van der Waals surface area contributed by atoms with E-state index in [0.717, 1.165) is 17.3 Å². The zero-order chi connectivity index (χ0) is 23.5. The molecule has 1 N–H and O–H groups in total. The molecule has 0 radical (unpaired) electrons. The van der Waals surface area contributed by atoms with E-state index in [1.807, 2.05) is 4.40 Å². The van der Waals surface area contributed by atoms with Gasteiger partial charge in [0.1, 0.15) is 11.4 Å². The summed E-state index contributed by atoms with van der Waals surface area (Å²) in [5, 5.41) is 3.29. The summed E-state index contributed by atoms with van der Waals surface area (Å²) in [4.78, 5) is 23.7. The normalized spacial score (nSPS) is 17.8. The van der Waals surface area contributed by atoms with Crippen LogP contribution in [0.15, 0.2) is 30.6 Å². The standard InChI is InChI=1S/C23H24F3N5O2/c1-13-15(5-4-6-17(13)23(24,25)26)14(2)28-19-16-11-30(20(32)22(33-3)7-8-22)12-18(16)31-10-9-27-21(31)29-19/h4-6,9-10,14H,7-8,11-12H2,1-3H3,(H,27,28,29)/t14-/m1/s1. The van der Waals surface area contributed by atoms with Crippen molar-refractivity contribution in [2.75, 3.05) is 12.4 Å². The number of carbonyl (C=O) groups excluding carboxylic acids is 1. The van der Waals surface area contributed by atoms with Gasteiger partial charge in [0.25, 0.3) is 5.91 Å². The molecule has 2 aliphatic rings. The van der Waals surface area contributed by atoms with E-state index in [1.54, 1.807) is 37.4 Å². The number of alkyl halides is 3. The molecular weight excluding hydrogens is 435 g/mol. The second kappa shape index (κ2) is 7.44. The molecule has 1 amide bonds. The van der Waals surface area contributed by atoms with E-state index in [0.29, 0.717) is 43.1 Å². The smallest absolute Gasteiger partial charge is 0.368 e. The summed E-state index contributed by atoms with van der Waals surface area (Å²) in [6.07, 6.45) is 0.405. The predicted octanol–water partition coefficient (Wildman–Crippen LogP) is 4.25. The highest BCUT2D eigenvalue weighted by Crippen LogP contribution is 2.43. The van der Waals surface area contributed by atoms with E-state index in [9.17, 15) is 18.0 Å². The summed E-state index contributed by atoms with van der Waals surface area (Å²) in [6.45, 7) is 4.01. The molecule has 1 aliphatic heterocycles. The molecule has 0 unspecified atom stereocenters. The second-order valence-electron chi connectivity index (χ2n) is 8.73. The lowest BCUT2D eigenvalue weighted by Gasteiger charge is -2.22. The van der Waals surface area contributed by atoms with E-state index in [4.69, 9.17) is 4.74 Å². The van der Waals surface area contributed by atoms with Gasteiger partial charge in [0, 0.05) is 25.1 Å². The molecular formula is C23H24F3N5O2. The number of halogens is 3. The van der Waals surface area contributed by atoms with Crippen molar-refractivity contribution in [1.29, 1.82) is 0 Å². The minimum Gasteiger partial charge on any atom is -0.368 e. The minimum atomic E-state index is -4.42. The van der Waals surface area contributed by atoms with Crippen LogP contribution >= 0.6 is 0 Å². The first-order valence-corrected chi connectivity index (χ1v) is 10.8. The summed E-state index contributed by atoms with van der Waals surface area (Å²) in [6, 6.07) is 3.74. The SMILES string of the molecule is COC1(C(=O)N2Cc3c(N[C@H](C)c4cccc(C(F)(F)F)c4C)nc4nccn4c3C2)CC1. The van der Waals surface area contributed by atoms with Crippen LogP contribution in [-0.2, 0) is 28.8 Å². The first kappa shape index (κ1) is 21.7. The van der Waals surface area contributed by atoms with Crippen LogP contribution in [0.1, 0.15) is 53.8 Å². The van der Waals surface area contributed by atoms with Crippen molar-refractivity contribution in [2.24, 2.45) is 0 Å². The summed E-state index contributed by atoms with van der Waals surface area (Å²) in [5.41, 5.74) is 1.04. The van der Waals surface area contributed by atoms with E-state index in [2.05, 4.69) is 15.3 Å². The van der Waals surface area contributed by atoms with E-state index in [1.165, 1.54) is 13.0 Å². The number of hydrogen-bond donors (Lipinski definition) is 1. The number of nitrogens with one attached hydrogen (secondary N) is 1. The molecule has 5 rings (SSSR count). The molecule has 3 heterocycles. The van der Waals surface area contributed by atoms with Crippen molar-refractivity contribution in [3.63, 3.8) is 0 Å². The van der Waals surface area contributed by atoms with Gasteiger partial charge in [-0.15, -0.1) is 0 Å². The van der Waals surface area contributed by atoms with E-state index < -0.39 is 23.4 Å². The maximum absolute atomic E-state index is 13.4. The third-order valence-electron chi connectivity index (χ3n) is 6.72. The molecule has 0 bridgehead atoms. The fourth-order valence-electron chi connectivity index (χ4n) is 4.69. The molecule has 1 atom stereocenters. The highest BCUT2D eigenvalue weighted by atomic mass is 19.4. The summed E-state index contributed by atoms with van der Waals surface area (Å²) < 4.78 is 47.5. The fraction of sp³-hybridized carbons (Fsp3) is 0.435. The number of amides is 1. The average molecular weight is 459 g/mol. The first-order valence-electron chi connectivity index (χ1n) is 10.8. The van der Waals surface area contributed by atoms with Gasteiger partial charge >= 0.3 is 6.18 Å². The number of imidazole rings is 1. The van der Waals surface area contributed by atoms with Crippen molar-refractivity contribution in [3.05, 3.63) is 58.5 Å². The van der Waals surface area contributed by atoms with Crippen LogP contribution in [0.2, 0.25) is 0 Å². The lowest BCUT2D eigenvalue weighted by atomic mass is 9.97. The van der Waals surface area contributed by atoms with Crippen LogP contribution in [0, 0.1) is 6.92 Å². The second-order valence-corrected chi connectivity index (χ2v) is 8.73. The Balaban J connectivity index is 1.49. The molecule has 2 aromatic heterocycles. The van der Waals surface area contributed by atoms with Crippen molar-refractivity contribution >= 4 is 17.5 Å². The Morgan fingerprint density at radius 2 is 2.03 bits per heavy atom. The number of ether oxygens (including phenoxy) is 1. The number of methoxy groups -OCH3 is 1. The minimum absolute atomic E-state index is 0.0535. The van der Waals surface area contributed by atoms with Crippen LogP contribution in [-0.4, -0.2) is 37.9 Å². The molecule has 1 aliphatic carbocycles. The summed E-state index contributed by atoms with van der Waals surface area (Å²) in [5.74, 6) is 0.930. The average Bonchev–Trinajstić information content (AvgIpc) is 3.20. The molecule has 1 fully saturated rings. The first-order chi connectivity index (χ1) is 15.6. The van der Waals surface area contributed by atoms with Gasteiger partial charge < -0.3 is 15.0 Å². The van der Waals surface area contributed by atoms with Gasteiger partial charge in [0.2, 0.25) is 5.78 Å². The molecule has 1 saturated carbocycles. The van der Waals surface area contributed by atoms with Crippen molar-refractivity contribution in [3.8, 4) is 0 Å². The predicted molar refractivity (Wildman–Crippen MR) is 114 cm³/mol. The number of hydrogen-bond acceptors (Lipinski definition) is 5. The Hall–Kier alpha value is -3.14. The van der Waals surface area contributed by atoms with Crippen LogP contribution in [0.5, 0.6) is 0 Å². The number of nitrogens with zero attached hydrogens (tertiary/aromatic N) is 4. The van der Waals surface area contributed by atoms with E-state index in [-0.39, 0.29) is 11.5 Å². The monoisotopic (exact) mass is 459 g/mol. The Labute approximate surface area is 188 Å². The van der Waals surface area contributed by atoms with Gasteiger partial charge in [-0.1, -0.05) is 12.1 Å². The molecule has 0 spiro atoms. The van der Waals surface area contributed by atoms with Crippen LogP contribution in [0.25, 0.3) is 5.78 Å². The van der Waals surface area contributed by atoms with Gasteiger partial charge in [0.15, 0.2) is 0 Å². The Bertz CT molecular complexity index is 1250. The molecule has 33 heavy (non-hydrogen) atoms. The molecule has 7 nitrogen and oxygen atoms in total. The van der Waals surface area contributed by atoms with E-state index >= 15 is 0 Å². The van der Waals surface area contributed by atoms with Crippen LogP contribution in [0.4, 0.5) is 19.0 Å². The van der Waals surface area contributed by atoms with Crippen LogP contribution in [0.3, 0.4) is 0 Å². The van der Waals surface area contributed by atoms with Crippen molar-refractivity contribution in [2.45, 2.75) is 57.6 Å². The maximum atomic E-state index is 13.4.